The van der Waals surface area contributed by atoms with Crippen LogP contribution >= 0.6 is 0 Å². The van der Waals surface area contributed by atoms with Gasteiger partial charge in [0.25, 0.3) is 0 Å². The number of esters is 1. The van der Waals surface area contributed by atoms with E-state index in [1.165, 1.54) is 26.9 Å². The largest absolute Gasteiger partial charge is 0.469 e. The van der Waals surface area contributed by atoms with Crippen LogP contribution in [0.25, 0.3) is 0 Å². The summed E-state index contributed by atoms with van der Waals surface area (Å²) in [6, 6.07) is 0. The zero-order chi connectivity index (χ0) is 13.1. The van der Waals surface area contributed by atoms with Crippen molar-refractivity contribution >= 4 is 11.9 Å². The number of hydrogen-bond donors (Lipinski definition) is 0. The summed E-state index contributed by atoms with van der Waals surface area (Å²) in [6.45, 7) is 5.31. The minimum atomic E-state index is -0.245. The van der Waals surface area contributed by atoms with Crippen molar-refractivity contribution in [2.75, 3.05) is 20.2 Å². The summed E-state index contributed by atoms with van der Waals surface area (Å²) in [7, 11) is 1.35. The van der Waals surface area contributed by atoms with Crippen LogP contribution in [0.15, 0.2) is 12.2 Å². The summed E-state index contributed by atoms with van der Waals surface area (Å²) in [5, 5.41) is 0. The van der Waals surface area contributed by atoms with Crippen LogP contribution in [0.2, 0.25) is 0 Å². The Hall–Kier alpha value is -1.32. The van der Waals surface area contributed by atoms with Crippen molar-refractivity contribution in [3.05, 3.63) is 12.2 Å². The van der Waals surface area contributed by atoms with Crippen LogP contribution in [0.3, 0.4) is 0 Å². The molecule has 1 fully saturated rings. The molecule has 4 heteroatoms. The van der Waals surface area contributed by atoms with Crippen molar-refractivity contribution in [1.82, 2.24) is 4.90 Å². The van der Waals surface area contributed by atoms with Gasteiger partial charge in [-0.15, -0.1) is 0 Å². The lowest BCUT2D eigenvalue weighted by atomic mass is 10.2. The zero-order valence-electron chi connectivity index (χ0n) is 11.1. The number of carbonyl (C=O) groups excluding carboxylic acids is 2. The van der Waals surface area contributed by atoms with Crippen molar-refractivity contribution in [2.45, 2.75) is 39.5 Å². The molecule has 0 radical (unpaired) electrons. The van der Waals surface area contributed by atoms with E-state index in [2.05, 4.69) is 4.74 Å². The van der Waals surface area contributed by atoms with E-state index in [4.69, 9.17) is 0 Å². The number of amides is 1. The van der Waals surface area contributed by atoms with Gasteiger partial charge < -0.3 is 9.64 Å². The molecule has 0 spiro atoms. The molecule has 98 valence electrons. The van der Waals surface area contributed by atoms with Crippen LogP contribution in [-0.4, -0.2) is 37.0 Å². The van der Waals surface area contributed by atoms with E-state index in [0.29, 0.717) is 12.3 Å². The molecule has 0 aromatic heterocycles. The number of carbonyl (C=O) groups is 2. The highest BCUT2D eigenvalue weighted by atomic mass is 16.5. The summed E-state index contributed by atoms with van der Waals surface area (Å²) >= 11 is 0. The minimum absolute atomic E-state index is 0.245. The third-order valence-electron chi connectivity index (χ3n) is 2.51. The molecule has 0 saturated carbocycles. The van der Waals surface area contributed by atoms with Gasteiger partial charge in [-0.25, -0.2) is 0 Å². The standard InChI is InChI=1S/C10H17NO.C3H6O2/c1-2-3-4-7-10(12)11-8-5-6-9-11;1-3(4)5-2/h2-3H,4-9H2,1H3;1-2H3/b3-2-;. The molecule has 0 unspecified atom stereocenters. The van der Waals surface area contributed by atoms with Gasteiger partial charge in [0.1, 0.15) is 0 Å². The fourth-order valence-corrected chi connectivity index (χ4v) is 1.50. The predicted molar refractivity (Wildman–Crippen MR) is 67.6 cm³/mol. The molecule has 1 aliphatic heterocycles. The maximum atomic E-state index is 11.4. The third-order valence-corrected chi connectivity index (χ3v) is 2.51. The topological polar surface area (TPSA) is 46.6 Å². The van der Waals surface area contributed by atoms with Crippen LogP contribution in [0.1, 0.15) is 39.5 Å². The van der Waals surface area contributed by atoms with Gasteiger partial charge in [-0.05, 0) is 26.2 Å². The first-order valence-corrected chi connectivity index (χ1v) is 6.05. The Kier molecular flexibility index (Phi) is 9.11. The van der Waals surface area contributed by atoms with Crippen molar-refractivity contribution in [3.63, 3.8) is 0 Å². The van der Waals surface area contributed by atoms with Crippen molar-refractivity contribution < 1.29 is 14.3 Å². The molecule has 0 atom stereocenters. The summed E-state index contributed by atoms with van der Waals surface area (Å²) in [5.74, 6) is 0.0793. The number of nitrogens with zero attached hydrogens (tertiary/aromatic N) is 1. The second-order valence-corrected chi connectivity index (χ2v) is 3.89. The van der Waals surface area contributed by atoms with E-state index in [1.54, 1.807) is 0 Å². The van der Waals surface area contributed by atoms with Crippen LogP contribution in [0.4, 0.5) is 0 Å². The number of ether oxygens (including phenoxy) is 1. The SMILES string of the molecule is C/C=C\CCC(=O)N1CCCC1.COC(C)=O. The van der Waals surface area contributed by atoms with Crippen molar-refractivity contribution in [3.8, 4) is 0 Å². The van der Waals surface area contributed by atoms with Gasteiger partial charge in [0.15, 0.2) is 0 Å². The van der Waals surface area contributed by atoms with Crippen LogP contribution in [-0.2, 0) is 14.3 Å². The molecule has 1 amide bonds. The monoisotopic (exact) mass is 241 g/mol. The average molecular weight is 241 g/mol. The average Bonchev–Trinajstić information content (AvgIpc) is 2.83. The molecule has 1 heterocycles. The van der Waals surface area contributed by atoms with E-state index in [9.17, 15) is 9.59 Å². The smallest absolute Gasteiger partial charge is 0.302 e. The number of hydrogen-bond acceptors (Lipinski definition) is 3. The predicted octanol–water partition coefficient (Wildman–Crippen LogP) is 2.14. The van der Waals surface area contributed by atoms with E-state index < -0.39 is 0 Å². The van der Waals surface area contributed by atoms with Gasteiger partial charge >= 0.3 is 5.97 Å². The summed E-state index contributed by atoms with van der Waals surface area (Å²) in [5.41, 5.74) is 0. The Labute approximate surface area is 104 Å². The quantitative estimate of drug-likeness (QED) is 0.562. The van der Waals surface area contributed by atoms with Gasteiger partial charge in [0.05, 0.1) is 7.11 Å². The highest BCUT2D eigenvalue weighted by molar-refractivity contribution is 5.76. The van der Waals surface area contributed by atoms with E-state index in [1.807, 2.05) is 24.0 Å². The molecule has 0 bridgehead atoms. The van der Waals surface area contributed by atoms with Gasteiger partial charge in [0.2, 0.25) is 5.91 Å². The number of likely N-dealkylation sites (tertiary alicyclic amines) is 1. The van der Waals surface area contributed by atoms with E-state index >= 15 is 0 Å². The Morgan fingerprint density at radius 2 is 1.82 bits per heavy atom. The summed E-state index contributed by atoms with van der Waals surface area (Å²) in [6.07, 6.45) is 8.01. The molecular weight excluding hydrogens is 218 g/mol. The van der Waals surface area contributed by atoms with E-state index in [-0.39, 0.29) is 5.97 Å². The molecule has 0 aromatic carbocycles. The van der Waals surface area contributed by atoms with Gasteiger partial charge in [-0.1, -0.05) is 12.2 Å². The van der Waals surface area contributed by atoms with Crippen LogP contribution < -0.4 is 0 Å². The first-order chi connectivity index (χ1) is 8.11. The Morgan fingerprint density at radius 3 is 2.24 bits per heavy atom. The summed E-state index contributed by atoms with van der Waals surface area (Å²) in [4.78, 5) is 23.0. The number of rotatable bonds is 3. The van der Waals surface area contributed by atoms with Crippen molar-refractivity contribution in [2.24, 2.45) is 0 Å². The highest BCUT2D eigenvalue weighted by Crippen LogP contribution is 2.09. The fraction of sp³-hybridized carbons (Fsp3) is 0.692. The molecule has 1 saturated heterocycles. The minimum Gasteiger partial charge on any atom is -0.469 e. The Morgan fingerprint density at radius 1 is 1.29 bits per heavy atom. The lowest BCUT2D eigenvalue weighted by Gasteiger charge is -2.13. The van der Waals surface area contributed by atoms with Crippen LogP contribution in [0, 0.1) is 0 Å². The lowest BCUT2D eigenvalue weighted by molar-refractivity contribution is -0.138. The molecule has 4 nitrogen and oxygen atoms in total. The number of methoxy groups -OCH3 is 1. The molecule has 17 heavy (non-hydrogen) atoms. The zero-order valence-corrected chi connectivity index (χ0v) is 11.1. The second kappa shape index (κ2) is 9.87. The maximum Gasteiger partial charge on any atom is 0.302 e. The normalized spacial score (nSPS) is 14.4. The van der Waals surface area contributed by atoms with Gasteiger partial charge in [-0.3, -0.25) is 9.59 Å². The Bertz CT molecular complexity index is 255. The summed E-state index contributed by atoms with van der Waals surface area (Å²) < 4.78 is 4.11. The third kappa shape index (κ3) is 8.48. The number of allylic oxidation sites excluding steroid dienone is 2. The lowest BCUT2D eigenvalue weighted by Crippen LogP contribution is -2.26. The molecule has 0 N–H and O–H groups in total. The van der Waals surface area contributed by atoms with Crippen molar-refractivity contribution in [1.29, 1.82) is 0 Å². The van der Waals surface area contributed by atoms with E-state index in [0.717, 1.165) is 19.5 Å². The maximum absolute atomic E-state index is 11.4. The molecular formula is C13H23NO3. The van der Waals surface area contributed by atoms with Gasteiger partial charge in [0, 0.05) is 26.4 Å². The molecule has 1 rings (SSSR count). The molecule has 0 aliphatic carbocycles. The first-order valence-electron chi connectivity index (χ1n) is 6.05. The van der Waals surface area contributed by atoms with Crippen LogP contribution in [0.5, 0.6) is 0 Å². The molecule has 1 aliphatic rings. The fourth-order valence-electron chi connectivity index (χ4n) is 1.50. The Balaban J connectivity index is 0.000000437. The second-order valence-electron chi connectivity index (χ2n) is 3.89. The first kappa shape index (κ1) is 15.7. The molecule has 0 aromatic rings. The van der Waals surface area contributed by atoms with Gasteiger partial charge in [-0.2, -0.15) is 0 Å². The highest BCUT2D eigenvalue weighted by Gasteiger charge is 2.16.